The molecule has 1 heterocycles. The first kappa shape index (κ1) is 18.6. The van der Waals surface area contributed by atoms with Crippen LogP contribution in [0.2, 0.25) is 0 Å². The number of hydrogen-bond acceptors (Lipinski definition) is 2. The Morgan fingerprint density at radius 2 is 1.88 bits per heavy atom. The van der Waals surface area contributed by atoms with E-state index in [-0.39, 0.29) is 42.2 Å². The first-order valence-electron chi connectivity index (χ1n) is 7.58. The van der Waals surface area contributed by atoms with Gasteiger partial charge in [0.2, 0.25) is 0 Å². The Bertz CT molecular complexity index is 842. The van der Waals surface area contributed by atoms with E-state index in [4.69, 9.17) is 9.84 Å². The molecule has 0 aliphatic carbocycles. The Morgan fingerprint density at radius 1 is 1.17 bits per heavy atom. The molecular formula is C19H20NNaO3. The van der Waals surface area contributed by atoms with Gasteiger partial charge in [-0.1, -0.05) is 36.4 Å². The molecule has 120 valence electrons. The number of ether oxygens (including phenoxy) is 1. The van der Waals surface area contributed by atoms with Gasteiger partial charge in [0.15, 0.2) is 6.61 Å². The SMILES string of the molecule is Cc1cc2c(OCC(=O)O)cccc2n1C(C)c1ccccc1.[NaH]. The van der Waals surface area contributed by atoms with Gasteiger partial charge in [-0.05, 0) is 37.6 Å². The van der Waals surface area contributed by atoms with Gasteiger partial charge in [0, 0.05) is 11.1 Å². The van der Waals surface area contributed by atoms with Crippen molar-refractivity contribution in [2.24, 2.45) is 0 Å². The zero-order chi connectivity index (χ0) is 16.4. The van der Waals surface area contributed by atoms with Gasteiger partial charge in [-0.15, -0.1) is 0 Å². The number of rotatable bonds is 5. The van der Waals surface area contributed by atoms with E-state index in [1.54, 1.807) is 0 Å². The molecule has 1 unspecified atom stereocenters. The average Bonchev–Trinajstić information content (AvgIpc) is 2.89. The molecule has 0 aliphatic heterocycles. The topological polar surface area (TPSA) is 51.5 Å². The summed E-state index contributed by atoms with van der Waals surface area (Å²) in [4.78, 5) is 10.7. The van der Waals surface area contributed by atoms with Gasteiger partial charge in [0.05, 0.1) is 11.6 Å². The van der Waals surface area contributed by atoms with E-state index in [9.17, 15) is 4.79 Å². The normalized spacial score (nSPS) is 11.8. The van der Waals surface area contributed by atoms with Gasteiger partial charge in [-0.3, -0.25) is 0 Å². The maximum atomic E-state index is 10.7. The molecule has 5 heteroatoms. The van der Waals surface area contributed by atoms with Crippen LogP contribution in [0.5, 0.6) is 5.75 Å². The molecule has 3 rings (SSSR count). The van der Waals surface area contributed by atoms with Gasteiger partial charge in [0.1, 0.15) is 5.75 Å². The number of nitrogens with zero attached hydrogens (tertiary/aromatic N) is 1. The van der Waals surface area contributed by atoms with Crippen LogP contribution < -0.4 is 4.74 Å². The first-order chi connectivity index (χ1) is 11.1. The molecule has 1 atom stereocenters. The van der Waals surface area contributed by atoms with Crippen LogP contribution in [0.3, 0.4) is 0 Å². The van der Waals surface area contributed by atoms with Crippen molar-refractivity contribution in [1.29, 1.82) is 0 Å². The monoisotopic (exact) mass is 333 g/mol. The number of carboxylic acids is 1. The summed E-state index contributed by atoms with van der Waals surface area (Å²) in [6, 6.07) is 18.3. The third-order valence-corrected chi connectivity index (χ3v) is 4.06. The van der Waals surface area contributed by atoms with Crippen LogP contribution >= 0.6 is 0 Å². The van der Waals surface area contributed by atoms with Crippen LogP contribution in [0.25, 0.3) is 10.9 Å². The second-order valence-electron chi connectivity index (χ2n) is 5.61. The Morgan fingerprint density at radius 3 is 2.54 bits per heavy atom. The number of fused-ring (bicyclic) bond motifs is 1. The summed E-state index contributed by atoms with van der Waals surface area (Å²) >= 11 is 0. The molecule has 0 aliphatic rings. The summed E-state index contributed by atoms with van der Waals surface area (Å²) in [5, 5.41) is 9.75. The van der Waals surface area contributed by atoms with E-state index in [0.29, 0.717) is 5.75 Å². The molecular weight excluding hydrogens is 313 g/mol. The van der Waals surface area contributed by atoms with Crippen molar-refractivity contribution in [3.05, 3.63) is 65.9 Å². The Balaban J connectivity index is 0.00000208. The van der Waals surface area contributed by atoms with Crippen LogP contribution in [-0.4, -0.2) is 51.8 Å². The third-order valence-electron chi connectivity index (χ3n) is 4.06. The minimum absolute atomic E-state index is 0. The van der Waals surface area contributed by atoms with Crippen molar-refractivity contribution in [1.82, 2.24) is 4.57 Å². The molecule has 0 radical (unpaired) electrons. The molecule has 0 saturated carbocycles. The van der Waals surface area contributed by atoms with Crippen LogP contribution in [-0.2, 0) is 4.79 Å². The van der Waals surface area contributed by atoms with Gasteiger partial charge in [-0.25, -0.2) is 4.79 Å². The second kappa shape index (κ2) is 7.88. The zero-order valence-electron chi connectivity index (χ0n) is 13.2. The number of benzene rings is 2. The summed E-state index contributed by atoms with van der Waals surface area (Å²) in [7, 11) is 0. The van der Waals surface area contributed by atoms with Crippen molar-refractivity contribution in [2.75, 3.05) is 6.61 Å². The second-order valence-corrected chi connectivity index (χ2v) is 5.61. The molecule has 24 heavy (non-hydrogen) atoms. The van der Waals surface area contributed by atoms with Crippen LogP contribution in [0.15, 0.2) is 54.6 Å². The molecule has 0 saturated heterocycles. The Hall–Kier alpha value is -1.75. The Kier molecular flexibility index (Phi) is 6.10. The number of aliphatic carboxylic acids is 1. The average molecular weight is 333 g/mol. The minimum atomic E-state index is -0.976. The fourth-order valence-corrected chi connectivity index (χ4v) is 3.02. The molecule has 0 fully saturated rings. The molecule has 1 N–H and O–H groups in total. The number of aryl methyl sites for hydroxylation is 1. The van der Waals surface area contributed by atoms with Crippen LogP contribution in [0, 0.1) is 6.92 Å². The molecule has 2 aromatic carbocycles. The first-order valence-corrected chi connectivity index (χ1v) is 7.58. The molecule has 3 aromatic rings. The quantitative estimate of drug-likeness (QED) is 0.728. The Labute approximate surface area is 163 Å². The van der Waals surface area contributed by atoms with Crippen LogP contribution in [0.1, 0.15) is 24.2 Å². The van der Waals surface area contributed by atoms with Gasteiger partial charge < -0.3 is 14.4 Å². The van der Waals surface area contributed by atoms with E-state index in [1.165, 1.54) is 5.56 Å². The predicted molar refractivity (Wildman–Crippen MR) is 97.2 cm³/mol. The third kappa shape index (κ3) is 3.66. The fourth-order valence-electron chi connectivity index (χ4n) is 3.02. The van der Waals surface area contributed by atoms with Gasteiger partial charge in [0.25, 0.3) is 0 Å². The molecule has 0 spiro atoms. The number of aromatic nitrogens is 1. The number of carbonyl (C=O) groups is 1. The van der Waals surface area contributed by atoms with Crippen LogP contribution in [0.4, 0.5) is 0 Å². The maximum absolute atomic E-state index is 10.7. The summed E-state index contributed by atoms with van der Waals surface area (Å²) < 4.78 is 7.67. The summed E-state index contributed by atoms with van der Waals surface area (Å²) in [6.45, 7) is 3.88. The summed E-state index contributed by atoms with van der Waals surface area (Å²) in [5.74, 6) is -0.372. The van der Waals surface area contributed by atoms with Crippen molar-refractivity contribution in [2.45, 2.75) is 19.9 Å². The molecule has 1 aromatic heterocycles. The van der Waals surface area contributed by atoms with E-state index in [2.05, 4.69) is 30.5 Å². The van der Waals surface area contributed by atoms with Gasteiger partial charge in [-0.2, -0.15) is 0 Å². The number of hydrogen-bond donors (Lipinski definition) is 1. The fraction of sp³-hybridized carbons (Fsp3) is 0.211. The number of carboxylic acid groups (broad SMARTS) is 1. The van der Waals surface area contributed by atoms with Gasteiger partial charge >= 0.3 is 35.5 Å². The standard InChI is InChI=1S/C19H19NO3.Na.H/c1-13-11-16-17(9-6-10-18(16)23-12-19(21)22)20(13)14(2)15-7-4-3-5-8-15;;/h3-11,14H,12H2,1-2H3,(H,21,22);;. The van der Waals surface area contributed by atoms with Crippen molar-refractivity contribution in [3.63, 3.8) is 0 Å². The van der Waals surface area contributed by atoms with E-state index in [0.717, 1.165) is 16.6 Å². The van der Waals surface area contributed by atoms with E-state index in [1.807, 2.05) is 42.5 Å². The molecule has 0 bridgehead atoms. The van der Waals surface area contributed by atoms with Crippen molar-refractivity contribution < 1.29 is 14.6 Å². The van der Waals surface area contributed by atoms with E-state index >= 15 is 0 Å². The summed E-state index contributed by atoms with van der Waals surface area (Å²) in [6.07, 6.45) is 0. The van der Waals surface area contributed by atoms with E-state index < -0.39 is 5.97 Å². The predicted octanol–water partition coefficient (Wildman–Crippen LogP) is 3.37. The summed E-state index contributed by atoms with van der Waals surface area (Å²) in [5.41, 5.74) is 3.38. The molecule has 0 amide bonds. The van der Waals surface area contributed by atoms with Crippen molar-refractivity contribution >= 4 is 46.4 Å². The van der Waals surface area contributed by atoms with Crippen molar-refractivity contribution in [3.8, 4) is 5.75 Å². The molecule has 4 nitrogen and oxygen atoms in total. The zero-order valence-corrected chi connectivity index (χ0v) is 13.2.